The Morgan fingerprint density at radius 3 is 2.43 bits per heavy atom. The van der Waals surface area contributed by atoms with Gasteiger partial charge in [-0.2, -0.15) is 0 Å². The SMILES string of the molecule is CCCCCCCCCCOc1ncc(F)cc1C(=O)O. The van der Waals surface area contributed by atoms with Crippen LogP contribution in [0.5, 0.6) is 5.88 Å². The molecule has 0 aliphatic rings. The summed E-state index contributed by atoms with van der Waals surface area (Å²) in [5, 5.41) is 8.95. The second-order valence-corrected chi connectivity index (χ2v) is 5.13. The van der Waals surface area contributed by atoms with Gasteiger partial charge in [0.15, 0.2) is 0 Å². The van der Waals surface area contributed by atoms with Gasteiger partial charge < -0.3 is 9.84 Å². The summed E-state index contributed by atoms with van der Waals surface area (Å²) in [5.41, 5.74) is -0.227. The molecule has 0 bridgehead atoms. The van der Waals surface area contributed by atoms with Crippen molar-refractivity contribution in [3.8, 4) is 5.88 Å². The Hall–Kier alpha value is -1.65. The summed E-state index contributed by atoms with van der Waals surface area (Å²) in [7, 11) is 0. The number of unbranched alkanes of at least 4 members (excludes halogenated alkanes) is 7. The number of hydrogen-bond donors (Lipinski definition) is 1. The Morgan fingerprint density at radius 2 is 1.81 bits per heavy atom. The first-order valence-corrected chi connectivity index (χ1v) is 7.66. The highest BCUT2D eigenvalue weighted by Crippen LogP contribution is 2.17. The summed E-state index contributed by atoms with van der Waals surface area (Å²) in [4.78, 5) is 14.6. The maximum absolute atomic E-state index is 12.9. The Balaban J connectivity index is 2.20. The number of ether oxygens (including phenoxy) is 1. The van der Waals surface area contributed by atoms with E-state index in [-0.39, 0.29) is 11.4 Å². The van der Waals surface area contributed by atoms with Gasteiger partial charge in [0.1, 0.15) is 11.4 Å². The molecule has 0 fully saturated rings. The van der Waals surface area contributed by atoms with Gasteiger partial charge in [-0.25, -0.2) is 14.2 Å². The molecule has 0 unspecified atom stereocenters. The first kappa shape index (κ1) is 17.4. The van der Waals surface area contributed by atoms with Crippen LogP contribution in [0.2, 0.25) is 0 Å². The monoisotopic (exact) mass is 297 g/mol. The number of hydrogen-bond acceptors (Lipinski definition) is 3. The fraction of sp³-hybridized carbons (Fsp3) is 0.625. The standard InChI is InChI=1S/C16H24FNO3/c1-2-3-4-5-6-7-8-9-10-21-15-14(16(19)20)11-13(17)12-18-15/h11-12H,2-10H2,1H3,(H,19,20). The maximum Gasteiger partial charge on any atom is 0.341 e. The summed E-state index contributed by atoms with van der Waals surface area (Å²) >= 11 is 0. The Bertz CT molecular complexity index is 438. The summed E-state index contributed by atoms with van der Waals surface area (Å²) in [6.45, 7) is 2.61. The van der Waals surface area contributed by atoms with Gasteiger partial charge in [0, 0.05) is 0 Å². The van der Waals surface area contributed by atoms with E-state index in [0.29, 0.717) is 6.61 Å². The van der Waals surface area contributed by atoms with E-state index in [1.165, 1.54) is 32.1 Å². The zero-order valence-corrected chi connectivity index (χ0v) is 12.6. The van der Waals surface area contributed by atoms with E-state index in [1.54, 1.807) is 0 Å². The lowest BCUT2D eigenvalue weighted by Gasteiger charge is -2.07. The van der Waals surface area contributed by atoms with Crippen molar-refractivity contribution in [1.29, 1.82) is 0 Å². The smallest absolute Gasteiger partial charge is 0.341 e. The van der Waals surface area contributed by atoms with Gasteiger partial charge >= 0.3 is 5.97 Å². The summed E-state index contributed by atoms with van der Waals surface area (Å²) in [5.74, 6) is -1.91. The fourth-order valence-electron chi connectivity index (χ4n) is 2.10. The Morgan fingerprint density at radius 1 is 1.19 bits per heavy atom. The van der Waals surface area contributed by atoms with Crippen LogP contribution in [-0.2, 0) is 0 Å². The molecule has 0 spiro atoms. The third-order valence-corrected chi connectivity index (χ3v) is 3.28. The van der Waals surface area contributed by atoms with Crippen LogP contribution in [0.4, 0.5) is 4.39 Å². The van der Waals surface area contributed by atoms with Crippen LogP contribution in [-0.4, -0.2) is 22.7 Å². The third kappa shape index (κ3) is 7.06. The van der Waals surface area contributed by atoms with Gasteiger partial charge in [0.2, 0.25) is 5.88 Å². The number of aromatic nitrogens is 1. The zero-order valence-electron chi connectivity index (χ0n) is 12.6. The largest absolute Gasteiger partial charge is 0.477 e. The highest BCUT2D eigenvalue weighted by Gasteiger charge is 2.13. The molecule has 118 valence electrons. The number of carboxylic acids is 1. The van der Waals surface area contributed by atoms with E-state index in [2.05, 4.69) is 11.9 Å². The molecule has 5 heteroatoms. The van der Waals surface area contributed by atoms with Crippen LogP contribution >= 0.6 is 0 Å². The lowest BCUT2D eigenvalue weighted by Crippen LogP contribution is -2.07. The molecule has 0 aromatic carbocycles. The average molecular weight is 297 g/mol. The number of carboxylic acid groups (broad SMARTS) is 1. The van der Waals surface area contributed by atoms with Crippen LogP contribution in [0, 0.1) is 5.82 Å². The lowest BCUT2D eigenvalue weighted by atomic mass is 10.1. The van der Waals surface area contributed by atoms with E-state index < -0.39 is 11.8 Å². The van der Waals surface area contributed by atoms with E-state index in [9.17, 15) is 9.18 Å². The number of pyridine rings is 1. The van der Waals surface area contributed by atoms with Gasteiger partial charge in [-0.1, -0.05) is 51.9 Å². The van der Waals surface area contributed by atoms with Crippen molar-refractivity contribution in [2.45, 2.75) is 58.3 Å². The number of nitrogens with zero attached hydrogens (tertiary/aromatic N) is 1. The minimum Gasteiger partial charge on any atom is -0.477 e. The van der Waals surface area contributed by atoms with Crippen LogP contribution in [0.3, 0.4) is 0 Å². The molecule has 0 radical (unpaired) electrons. The van der Waals surface area contributed by atoms with Gasteiger partial charge in [0.05, 0.1) is 12.8 Å². The van der Waals surface area contributed by atoms with Crippen molar-refractivity contribution < 1.29 is 19.0 Å². The molecule has 1 N–H and O–H groups in total. The van der Waals surface area contributed by atoms with Crippen LogP contribution < -0.4 is 4.74 Å². The van der Waals surface area contributed by atoms with Crippen molar-refractivity contribution in [3.63, 3.8) is 0 Å². The molecule has 1 heterocycles. The minimum absolute atomic E-state index is 0.00755. The fourth-order valence-corrected chi connectivity index (χ4v) is 2.10. The van der Waals surface area contributed by atoms with Crippen molar-refractivity contribution >= 4 is 5.97 Å². The molecule has 0 saturated carbocycles. The molecule has 4 nitrogen and oxygen atoms in total. The van der Waals surface area contributed by atoms with Crippen LogP contribution in [0.1, 0.15) is 68.6 Å². The summed E-state index contributed by atoms with van der Waals surface area (Å²) in [6, 6.07) is 0.929. The quantitative estimate of drug-likeness (QED) is 0.613. The molecular formula is C16H24FNO3. The number of halogens is 1. The molecule has 1 rings (SSSR count). The lowest BCUT2D eigenvalue weighted by molar-refractivity contribution is 0.0690. The minimum atomic E-state index is -1.23. The van der Waals surface area contributed by atoms with Crippen LogP contribution in [0.15, 0.2) is 12.3 Å². The Kier molecular flexibility index (Phi) is 8.40. The topological polar surface area (TPSA) is 59.4 Å². The summed E-state index contributed by atoms with van der Waals surface area (Å²) in [6.07, 6.45) is 10.4. The maximum atomic E-state index is 12.9. The number of carbonyl (C=O) groups is 1. The molecule has 0 aliphatic carbocycles. The molecule has 0 amide bonds. The van der Waals surface area contributed by atoms with E-state index in [0.717, 1.165) is 31.5 Å². The van der Waals surface area contributed by atoms with Crippen LogP contribution in [0.25, 0.3) is 0 Å². The van der Waals surface area contributed by atoms with E-state index >= 15 is 0 Å². The van der Waals surface area contributed by atoms with Gasteiger partial charge in [0.25, 0.3) is 0 Å². The molecule has 1 aromatic rings. The van der Waals surface area contributed by atoms with E-state index in [1.807, 2.05) is 0 Å². The highest BCUT2D eigenvalue weighted by molar-refractivity contribution is 5.90. The second-order valence-electron chi connectivity index (χ2n) is 5.13. The van der Waals surface area contributed by atoms with Gasteiger partial charge in [-0.15, -0.1) is 0 Å². The molecule has 0 aliphatic heterocycles. The van der Waals surface area contributed by atoms with Crippen molar-refractivity contribution in [3.05, 3.63) is 23.6 Å². The molecule has 1 aromatic heterocycles. The second kappa shape index (κ2) is 10.1. The molecule has 21 heavy (non-hydrogen) atoms. The van der Waals surface area contributed by atoms with Gasteiger partial charge in [-0.3, -0.25) is 0 Å². The zero-order chi connectivity index (χ0) is 15.5. The molecular weight excluding hydrogens is 273 g/mol. The molecule has 0 saturated heterocycles. The van der Waals surface area contributed by atoms with Gasteiger partial charge in [-0.05, 0) is 12.5 Å². The Labute approximate surface area is 125 Å². The third-order valence-electron chi connectivity index (χ3n) is 3.28. The van der Waals surface area contributed by atoms with Crippen molar-refractivity contribution in [2.24, 2.45) is 0 Å². The predicted octanol–water partition coefficient (Wildman–Crippen LogP) is 4.44. The summed E-state index contributed by atoms with van der Waals surface area (Å²) < 4.78 is 18.3. The first-order chi connectivity index (χ1) is 10.1. The normalized spacial score (nSPS) is 10.6. The van der Waals surface area contributed by atoms with Crippen molar-refractivity contribution in [2.75, 3.05) is 6.61 Å². The average Bonchev–Trinajstić information content (AvgIpc) is 2.46. The van der Waals surface area contributed by atoms with E-state index in [4.69, 9.17) is 9.84 Å². The number of rotatable bonds is 11. The highest BCUT2D eigenvalue weighted by atomic mass is 19.1. The first-order valence-electron chi connectivity index (χ1n) is 7.66. The van der Waals surface area contributed by atoms with Crippen molar-refractivity contribution in [1.82, 2.24) is 4.98 Å². The molecule has 0 atom stereocenters. The number of aromatic carboxylic acids is 1. The predicted molar refractivity (Wildman–Crippen MR) is 79.3 cm³/mol.